The largest absolute Gasteiger partial charge is 0.493 e. The quantitative estimate of drug-likeness (QED) is 0.659. The van der Waals surface area contributed by atoms with Crippen LogP contribution in [0.25, 0.3) is 11.2 Å². The van der Waals surface area contributed by atoms with Gasteiger partial charge in [-0.25, -0.2) is 9.97 Å². The molecule has 2 heterocycles. The number of hydrogen-bond donors (Lipinski definition) is 1. The Morgan fingerprint density at radius 1 is 1.19 bits per heavy atom. The van der Waals surface area contributed by atoms with Gasteiger partial charge in [-0.2, -0.15) is 0 Å². The molecule has 0 aliphatic carbocycles. The Hall–Kier alpha value is -3.09. The first-order chi connectivity index (χ1) is 13.2. The van der Waals surface area contributed by atoms with Gasteiger partial charge in [0.05, 0.1) is 14.2 Å². The number of nitrogens with zero attached hydrogens (tertiary/aromatic N) is 3. The molecule has 0 saturated heterocycles. The van der Waals surface area contributed by atoms with Crippen LogP contribution in [0.1, 0.15) is 25.6 Å². The molecule has 0 unspecified atom stereocenters. The summed E-state index contributed by atoms with van der Waals surface area (Å²) in [5.74, 6) is 2.00. The number of hydrogen-bond acceptors (Lipinski definition) is 5. The lowest BCUT2D eigenvalue weighted by Gasteiger charge is -2.11. The monoisotopic (exact) mass is 368 g/mol. The van der Waals surface area contributed by atoms with E-state index in [0.29, 0.717) is 30.0 Å². The number of nitrogens with one attached hydrogen (secondary N) is 1. The predicted molar refractivity (Wildman–Crippen MR) is 104 cm³/mol. The Bertz CT molecular complexity index is 936. The third-order valence-corrected chi connectivity index (χ3v) is 4.27. The van der Waals surface area contributed by atoms with E-state index in [2.05, 4.69) is 26.8 Å². The summed E-state index contributed by atoms with van der Waals surface area (Å²) in [6.07, 6.45) is 3.63. The summed E-state index contributed by atoms with van der Waals surface area (Å²) < 4.78 is 12.6. The van der Waals surface area contributed by atoms with Crippen LogP contribution >= 0.6 is 0 Å². The molecule has 3 aromatic rings. The fraction of sp³-hybridized carbons (Fsp3) is 0.350. The van der Waals surface area contributed by atoms with Crippen molar-refractivity contribution in [3.8, 4) is 11.5 Å². The number of benzene rings is 1. The summed E-state index contributed by atoms with van der Waals surface area (Å²) in [7, 11) is 3.14. The maximum Gasteiger partial charge on any atom is 0.224 e. The molecule has 1 N–H and O–H groups in total. The molecule has 0 radical (unpaired) electrons. The van der Waals surface area contributed by atoms with Crippen molar-refractivity contribution in [1.29, 1.82) is 0 Å². The van der Waals surface area contributed by atoms with E-state index in [1.54, 1.807) is 38.6 Å². The second-order valence-corrected chi connectivity index (χ2v) is 6.14. The minimum Gasteiger partial charge on any atom is -0.493 e. The molecule has 1 aromatic carbocycles. The third kappa shape index (κ3) is 4.19. The fourth-order valence-electron chi connectivity index (χ4n) is 3.02. The van der Waals surface area contributed by atoms with Gasteiger partial charge in [-0.05, 0) is 30.7 Å². The molecule has 0 saturated carbocycles. The molecule has 0 atom stereocenters. The van der Waals surface area contributed by atoms with E-state index >= 15 is 0 Å². The Kier molecular flexibility index (Phi) is 5.90. The lowest BCUT2D eigenvalue weighted by atomic mass is 10.2. The molecule has 1 amide bonds. The molecule has 0 aliphatic heterocycles. The topological polar surface area (TPSA) is 78.3 Å². The number of aryl methyl sites for hydroxylation is 2. The van der Waals surface area contributed by atoms with E-state index in [1.807, 2.05) is 12.1 Å². The van der Waals surface area contributed by atoms with Crippen LogP contribution in [-0.2, 0) is 17.8 Å². The van der Waals surface area contributed by atoms with E-state index in [-0.39, 0.29) is 5.91 Å². The lowest BCUT2D eigenvalue weighted by molar-refractivity contribution is -0.116. The molecule has 0 aliphatic rings. The van der Waals surface area contributed by atoms with Crippen LogP contribution in [0.2, 0.25) is 0 Å². The number of imidazole rings is 1. The number of ether oxygens (including phenoxy) is 2. The molecule has 7 heteroatoms. The second kappa shape index (κ2) is 8.53. The van der Waals surface area contributed by atoms with Gasteiger partial charge in [0.2, 0.25) is 5.91 Å². The molecule has 3 rings (SSSR count). The Balaban J connectivity index is 1.69. The molecule has 142 valence electrons. The summed E-state index contributed by atoms with van der Waals surface area (Å²) in [4.78, 5) is 21.5. The number of rotatable bonds is 8. The van der Waals surface area contributed by atoms with Gasteiger partial charge >= 0.3 is 0 Å². The van der Waals surface area contributed by atoms with Crippen molar-refractivity contribution in [2.24, 2.45) is 0 Å². The number of aromatic nitrogens is 3. The van der Waals surface area contributed by atoms with Gasteiger partial charge < -0.3 is 19.4 Å². The zero-order chi connectivity index (χ0) is 19.2. The molecule has 0 fully saturated rings. The third-order valence-electron chi connectivity index (χ3n) is 4.27. The van der Waals surface area contributed by atoms with Crippen molar-refractivity contribution in [2.75, 3.05) is 19.5 Å². The van der Waals surface area contributed by atoms with Gasteiger partial charge in [0, 0.05) is 37.3 Å². The van der Waals surface area contributed by atoms with E-state index in [9.17, 15) is 4.79 Å². The summed E-state index contributed by atoms with van der Waals surface area (Å²) in [5, 5.41) is 2.90. The van der Waals surface area contributed by atoms with Crippen molar-refractivity contribution >= 4 is 22.8 Å². The minimum absolute atomic E-state index is 0.0784. The number of pyridine rings is 1. The number of carbonyl (C=O) groups excluding carboxylic acids is 1. The second-order valence-electron chi connectivity index (χ2n) is 6.14. The van der Waals surface area contributed by atoms with Crippen LogP contribution < -0.4 is 14.8 Å². The highest BCUT2D eigenvalue weighted by Gasteiger charge is 2.13. The van der Waals surface area contributed by atoms with Gasteiger partial charge in [-0.15, -0.1) is 0 Å². The lowest BCUT2D eigenvalue weighted by Crippen LogP contribution is -2.14. The van der Waals surface area contributed by atoms with Gasteiger partial charge in [0.25, 0.3) is 0 Å². The van der Waals surface area contributed by atoms with Crippen molar-refractivity contribution in [3.05, 3.63) is 42.4 Å². The highest BCUT2D eigenvalue weighted by Crippen LogP contribution is 2.29. The molecular formula is C20H24N4O3. The smallest absolute Gasteiger partial charge is 0.224 e. The van der Waals surface area contributed by atoms with Crippen LogP contribution in [0.5, 0.6) is 11.5 Å². The Morgan fingerprint density at radius 2 is 2.00 bits per heavy atom. The first kappa shape index (κ1) is 18.7. The normalized spacial score (nSPS) is 10.8. The number of anilines is 1. The summed E-state index contributed by atoms with van der Waals surface area (Å²) >= 11 is 0. The zero-order valence-corrected chi connectivity index (χ0v) is 15.9. The van der Waals surface area contributed by atoms with Crippen LogP contribution in [-0.4, -0.2) is 34.7 Å². The highest BCUT2D eigenvalue weighted by molar-refractivity contribution is 5.91. The van der Waals surface area contributed by atoms with Crippen molar-refractivity contribution in [2.45, 2.75) is 32.7 Å². The molecule has 0 spiro atoms. The average molecular weight is 368 g/mol. The number of amides is 1. The van der Waals surface area contributed by atoms with E-state index in [4.69, 9.17) is 9.47 Å². The molecule has 2 aromatic heterocycles. The first-order valence-electron chi connectivity index (χ1n) is 8.98. The van der Waals surface area contributed by atoms with Crippen LogP contribution in [0.4, 0.5) is 5.69 Å². The first-order valence-corrected chi connectivity index (χ1v) is 8.98. The van der Waals surface area contributed by atoms with Crippen molar-refractivity contribution in [3.63, 3.8) is 0 Å². The van der Waals surface area contributed by atoms with Crippen LogP contribution in [0, 0.1) is 0 Å². The maximum atomic E-state index is 12.4. The van der Waals surface area contributed by atoms with Crippen LogP contribution in [0.15, 0.2) is 36.5 Å². The molecule has 7 nitrogen and oxygen atoms in total. The summed E-state index contributed by atoms with van der Waals surface area (Å²) in [5.41, 5.74) is 2.40. The summed E-state index contributed by atoms with van der Waals surface area (Å²) in [6.45, 7) is 2.95. The van der Waals surface area contributed by atoms with E-state index in [0.717, 1.165) is 30.0 Å². The Morgan fingerprint density at radius 3 is 2.74 bits per heavy atom. The van der Waals surface area contributed by atoms with E-state index < -0.39 is 0 Å². The fourth-order valence-corrected chi connectivity index (χ4v) is 3.02. The highest BCUT2D eigenvalue weighted by atomic mass is 16.5. The number of fused-ring (bicyclic) bond motifs is 1. The van der Waals surface area contributed by atoms with Crippen molar-refractivity contribution < 1.29 is 14.3 Å². The SMILES string of the molecule is CCCn1c(CCC(=O)Nc2ccc(OC)c(OC)c2)nc2cccnc21. The summed E-state index contributed by atoms with van der Waals surface area (Å²) in [6, 6.07) is 9.12. The van der Waals surface area contributed by atoms with Gasteiger partial charge in [0.1, 0.15) is 11.3 Å². The number of carbonyl (C=O) groups is 1. The number of methoxy groups -OCH3 is 2. The van der Waals surface area contributed by atoms with Gasteiger partial charge in [-0.3, -0.25) is 4.79 Å². The van der Waals surface area contributed by atoms with Crippen LogP contribution in [0.3, 0.4) is 0 Å². The zero-order valence-electron chi connectivity index (χ0n) is 15.9. The predicted octanol–water partition coefficient (Wildman–Crippen LogP) is 3.43. The molecule has 27 heavy (non-hydrogen) atoms. The van der Waals surface area contributed by atoms with Gasteiger partial charge in [-0.1, -0.05) is 6.92 Å². The minimum atomic E-state index is -0.0784. The molecule has 0 bridgehead atoms. The average Bonchev–Trinajstić information content (AvgIpc) is 3.04. The Labute approximate surface area is 158 Å². The molecular weight excluding hydrogens is 344 g/mol. The maximum absolute atomic E-state index is 12.4. The van der Waals surface area contributed by atoms with Gasteiger partial charge in [0.15, 0.2) is 17.1 Å². The van der Waals surface area contributed by atoms with Crippen molar-refractivity contribution in [1.82, 2.24) is 14.5 Å². The van der Waals surface area contributed by atoms with E-state index in [1.165, 1.54) is 0 Å². The standard InChI is InChI=1S/C20H24N4O3/c1-4-12-24-18(23-15-6-5-11-21-20(15)24)9-10-19(25)22-14-7-8-16(26-2)17(13-14)27-3/h5-8,11,13H,4,9-10,12H2,1-3H3,(H,22,25).